The molecule has 6 nitrogen and oxygen atoms in total. The van der Waals surface area contributed by atoms with Gasteiger partial charge in [-0.2, -0.15) is 0 Å². The van der Waals surface area contributed by atoms with Gasteiger partial charge in [-0.25, -0.2) is 4.79 Å². The summed E-state index contributed by atoms with van der Waals surface area (Å²) in [6, 6.07) is 1.59. The van der Waals surface area contributed by atoms with Gasteiger partial charge >= 0.3 is 5.97 Å². The number of hydrogen-bond acceptors (Lipinski definition) is 6. The molecular weight excluding hydrogens is 340 g/mol. The van der Waals surface area contributed by atoms with Crippen LogP contribution in [0.5, 0.6) is 0 Å². The maximum atomic E-state index is 12.8. The van der Waals surface area contributed by atoms with Crippen LogP contribution in [0.25, 0.3) is 0 Å². The lowest BCUT2D eigenvalue weighted by molar-refractivity contribution is -0.136. The second kappa shape index (κ2) is 8.19. The van der Waals surface area contributed by atoms with Crippen LogP contribution < -0.4 is 5.32 Å². The number of morpholine rings is 1. The molecule has 140 valence electrons. The molecule has 1 fully saturated rings. The highest BCUT2D eigenvalue weighted by Gasteiger charge is 2.28. The Morgan fingerprint density at radius 2 is 2.00 bits per heavy atom. The number of carbonyl (C=O) groups excluding carboxylic acids is 2. The van der Waals surface area contributed by atoms with Gasteiger partial charge in [-0.3, -0.25) is 4.79 Å². The number of nitrogens with zero attached hydrogens (tertiary/aromatic N) is 1. The molecular formula is C18H28N2O4S. The Labute approximate surface area is 153 Å². The molecule has 2 heterocycles. The van der Waals surface area contributed by atoms with Gasteiger partial charge in [0.25, 0.3) is 0 Å². The SMILES string of the molecule is CC[C@@H](Nc1cc(C(C)(C)C)sc1C(=O)OC)C(=O)N1CCOCC1. The van der Waals surface area contributed by atoms with E-state index in [4.69, 9.17) is 9.47 Å². The van der Waals surface area contributed by atoms with Crippen molar-refractivity contribution in [3.8, 4) is 0 Å². The number of rotatable bonds is 5. The Morgan fingerprint density at radius 1 is 1.36 bits per heavy atom. The average Bonchev–Trinajstić information content (AvgIpc) is 3.03. The van der Waals surface area contributed by atoms with Gasteiger partial charge in [0.2, 0.25) is 5.91 Å². The molecule has 1 saturated heterocycles. The van der Waals surface area contributed by atoms with Gasteiger partial charge in [0.15, 0.2) is 0 Å². The van der Waals surface area contributed by atoms with Crippen LogP contribution in [0.1, 0.15) is 48.7 Å². The number of amides is 1. The van der Waals surface area contributed by atoms with Gasteiger partial charge in [0.1, 0.15) is 10.9 Å². The van der Waals surface area contributed by atoms with E-state index in [1.165, 1.54) is 18.4 Å². The summed E-state index contributed by atoms with van der Waals surface area (Å²) in [6.45, 7) is 10.6. The van der Waals surface area contributed by atoms with Gasteiger partial charge in [0.05, 0.1) is 26.0 Å². The van der Waals surface area contributed by atoms with Gasteiger partial charge in [-0.05, 0) is 17.9 Å². The molecule has 25 heavy (non-hydrogen) atoms. The number of carbonyl (C=O) groups is 2. The fourth-order valence-corrected chi connectivity index (χ4v) is 3.74. The van der Waals surface area contributed by atoms with Crippen molar-refractivity contribution >= 4 is 28.9 Å². The first-order chi connectivity index (χ1) is 11.8. The average molecular weight is 368 g/mol. The Bertz CT molecular complexity index is 615. The van der Waals surface area contributed by atoms with Crippen LogP contribution in [-0.4, -0.2) is 56.2 Å². The Morgan fingerprint density at radius 3 is 2.52 bits per heavy atom. The molecule has 0 spiro atoms. The van der Waals surface area contributed by atoms with Crippen LogP contribution in [0.15, 0.2) is 6.07 Å². The molecule has 2 rings (SSSR count). The zero-order valence-corrected chi connectivity index (χ0v) is 16.5. The molecule has 1 aliphatic rings. The van der Waals surface area contributed by atoms with Crippen molar-refractivity contribution in [3.63, 3.8) is 0 Å². The third-order valence-corrected chi connectivity index (χ3v) is 5.74. The van der Waals surface area contributed by atoms with Crippen LogP contribution in [0.4, 0.5) is 5.69 Å². The monoisotopic (exact) mass is 368 g/mol. The number of nitrogens with one attached hydrogen (secondary N) is 1. The van der Waals surface area contributed by atoms with Gasteiger partial charge in [0, 0.05) is 18.0 Å². The minimum Gasteiger partial charge on any atom is -0.465 e. The molecule has 0 aliphatic carbocycles. The standard InChI is InChI=1S/C18H28N2O4S/c1-6-12(16(21)20-7-9-24-10-8-20)19-13-11-14(18(2,3)4)25-15(13)17(22)23-5/h11-12,19H,6-10H2,1-5H3/t12-/m1/s1. The first-order valence-corrected chi connectivity index (χ1v) is 9.45. The number of ether oxygens (including phenoxy) is 2. The van der Waals surface area contributed by atoms with Crippen molar-refractivity contribution < 1.29 is 19.1 Å². The third kappa shape index (κ3) is 4.73. The second-order valence-corrected chi connectivity index (χ2v) is 8.19. The lowest BCUT2D eigenvalue weighted by Gasteiger charge is -2.30. The van der Waals surface area contributed by atoms with E-state index in [1.807, 2.05) is 17.9 Å². The summed E-state index contributed by atoms with van der Waals surface area (Å²) in [5.74, 6) is -0.332. The molecule has 1 N–H and O–H groups in total. The van der Waals surface area contributed by atoms with Crippen LogP contribution in [0.2, 0.25) is 0 Å². The highest BCUT2D eigenvalue weighted by atomic mass is 32.1. The fourth-order valence-electron chi connectivity index (χ4n) is 2.64. The fraction of sp³-hybridized carbons (Fsp3) is 0.667. The van der Waals surface area contributed by atoms with Gasteiger partial charge < -0.3 is 19.7 Å². The van der Waals surface area contributed by atoms with E-state index in [0.29, 0.717) is 43.3 Å². The van der Waals surface area contributed by atoms with Crippen molar-refractivity contribution in [2.45, 2.75) is 45.6 Å². The minimum atomic E-state index is -0.378. The molecule has 1 aliphatic heterocycles. The molecule has 0 aromatic carbocycles. The Kier molecular flexibility index (Phi) is 6.46. The summed E-state index contributed by atoms with van der Waals surface area (Å²) in [6.07, 6.45) is 0.636. The highest BCUT2D eigenvalue weighted by Crippen LogP contribution is 2.36. The van der Waals surface area contributed by atoms with E-state index in [9.17, 15) is 9.59 Å². The molecule has 0 radical (unpaired) electrons. The van der Waals surface area contributed by atoms with E-state index < -0.39 is 0 Å². The molecule has 7 heteroatoms. The summed E-state index contributed by atoms with van der Waals surface area (Å²) < 4.78 is 10.2. The summed E-state index contributed by atoms with van der Waals surface area (Å²) >= 11 is 1.42. The predicted octanol–water partition coefficient (Wildman–Crippen LogP) is 2.88. The van der Waals surface area contributed by atoms with Crippen LogP contribution >= 0.6 is 11.3 Å². The largest absolute Gasteiger partial charge is 0.465 e. The molecule has 1 amide bonds. The molecule has 0 bridgehead atoms. The maximum absolute atomic E-state index is 12.8. The van der Waals surface area contributed by atoms with Gasteiger partial charge in [-0.15, -0.1) is 11.3 Å². The number of methoxy groups -OCH3 is 1. The Hall–Kier alpha value is -1.60. The normalized spacial score (nSPS) is 16.4. The highest BCUT2D eigenvalue weighted by molar-refractivity contribution is 7.14. The zero-order chi connectivity index (χ0) is 18.6. The van der Waals surface area contributed by atoms with Gasteiger partial charge in [-0.1, -0.05) is 27.7 Å². The maximum Gasteiger partial charge on any atom is 0.350 e. The number of thiophene rings is 1. The summed E-state index contributed by atoms with van der Waals surface area (Å²) in [5.41, 5.74) is 0.596. The lowest BCUT2D eigenvalue weighted by Crippen LogP contribution is -2.47. The first kappa shape index (κ1) is 19.7. The number of hydrogen-bond donors (Lipinski definition) is 1. The van der Waals surface area contributed by atoms with E-state index in [0.717, 1.165) is 4.88 Å². The van der Waals surface area contributed by atoms with Crippen molar-refractivity contribution in [3.05, 3.63) is 15.8 Å². The quantitative estimate of drug-likeness (QED) is 0.810. The third-order valence-electron chi connectivity index (χ3n) is 4.20. The van der Waals surface area contributed by atoms with E-state index in [2.05, 4.69) is 26.1 Å². The molecule has 1 aromatic heterocycles. The van der Waals surface area contributed by atoms with Crippen molar-refractivity contribution in [1.29, 1.82) is 0 Å². The molecule has 0 saturated carbocycles. The van der Waals surface area contributed by atoms with Crippen molar-refractivity contribution in [2.75, 3.05) is 38.7 Å². The number of esters is 1. The molecule has 0 unspecified atom stereocenters. The Balaban J connectivity index is 2.24. The first-order valence-electron chi connectivity index (χ1n) is 8.63. The minimum absolute atomic E-state index is 0.0464. The summed E-state index contributed by atoms with van der Waals surface area (Å²) in [5, 5.41) is 3.28. The van der Waals surface area contributed by atoms with E-state index in [-0.39, 0.29) is 23.3 Å². The second-order valence-electron chi connectivity index (χ2n) is 7.14. The smallest absolute Gasteiger partial charge is 0.350 e. The summed E-state index contributed by atoms with van der Waals surface area (Å²) in [7, 11) is 1.37. The van der Waals surface area contributed by atoms with Crippen molar-refractivity contribution in [2.24, 2.45) is 0 Å². The summed E-state index contributed by atoms with van der Waals surface area (Å²) in [4.78, 5) is 28.3. The van der Waals surface area contributed by atoms with E-state index in [1.54, 1.807) is 0 Å². The van der Waals surface area contributed by atoms with Crippen molar-refractivity contribution in [1.82, 2.24) is 4.90 Å². The molecule has 1 aromatic rings. The molecule has 1 atom stereocenters. The lowest BCUT2D eigenvalue weighted by atomic mass is 9.94. The van der Waals surface area contributed by atoms with Crippen LogP contribution in [0, 0.1) is 0 Å². The van der Waals surface area contributed by atoms with Crippen LogP contribution in [0.3, 0.4) is 0 Å². The topological polar surface area (TPSA) is 67.9 Å². The zero-order valence-electron chi connectivity index (χ0n) is 15.7. The predicted molar refractivity (Wildman–Crippen MR) is 99.5 cm³/mol. The van der Waals surface area contributed by atoms with E-state index >= 15 is 0 Å². The number of anilines is 1. The van der Waals surface area contributed by atoms with Crippen LogP contribution in [-0.2, 0) is 19.7 Å².